The second kappa shape index (κ2) is 5.49. The van der Waals surface area contributed by atoms with Crippen molar-refractivity contribution in [3.63, 3.8) is 0 Å². The van der Waals surface area contributed by atoms with Crippen LogP contribution in [0, 0.1) is 0 Å². The number of unbranched alkanes of at least 4 members (excludes halogenated alkanes) is 1. The Morgan fingerprint density at radius 3 is 2.67 bits per heavy atom. The predicted molar refractivity (Wildman–Crippen MR) is 67.5 cm³/mol. The summed E-state index contributed by atoms with van der Waals surface area (Å²) in [5.74, 6) is -0.220. The Hall–Kier alpha value is -2.10. The van der Waals surface area contributed by atoms with Gasteiger partial charge in [-0.3, -0.25) is 0 Å². The average molecular weight is 245 g/mol. The molecule has 1 aromatic heterocycles. The van der Waals surface area contributed by atoms with Gasteiger partial charge in [0, 0.05) is 12.0 Å². The Labute approximate surface area is 105 Å². The lowest BCUT2D eigenvalue weighted by Gasteiger charge is -1.96. The zero-order valence-corrected chi connectivity index (χ0v) is 10.2. The van der Waals surface area contributed by atoms with Crippen LogP contribution in [0.5, 0.6) is 0 Å². The largest absolute Gasteiger partial charge is 0.476 e. The second-order valence-corrected chi connectivity index (χ2v) is 4.06. The van der Waals surface area contributed by atoms with E-state index in [9.17, 15) is 4.79 Å². The van der Waals surface area contributed by atoms with E-state index in [-0.39, 0.29) is 5.69 Å². The Balaban J connectivity index is 2.39. The van der Waals surface area contributed by atoms with Crippen molar-refractivity contribution in [1.82, 2.24) is 4.98 Å². The summed E-state index contributed by atoms with van der Waals surface area (Å²) in [4.78, 5) is 15.2. The fourth-order valence-electron chi connectivity index (χ4n) is 1.73. The van der Waals surface area contributed by atoms with Crippen LogP contribution in [0.25, 0.3) is 11.3 Å². The third-order valence-corrected chi connectivity index (χ3v) is 2.65. The van der Waals surface area contributed by atoms with Crippen LogP contribution in [-0.4, -0.2) is 16.1 Å². The topological polar surface area (TPSA) is 63.3 Å². The molecule has 0 bridgehead atoms. The summed E-state index contributed by atoms with van der Waals surface area (Å²) in [7, 11) is 0. The first-order chi connectivity index (χ1) is 8.72. The molecular formula is C14H15NO3. The summed E-state index contributed by atoms with van der Waals surface area (Å²) in [5.41, 5.74) is 0.734. The highest BCUT2D eigenvalue weighted by Crippen LogP contribution is 2.25. The van der Waals surface area contributed by atoms with Crippen LogP contribution in [0.3, 0.4) is 0 Å². The number of carboxylic acid groups (broad SMARTS) is 1. The lowest BCUT2D eigenvalue weighted by atomic mass is 10.1. The van der Waals surface area contributed by atoms with Crippen LogP contribution in [0.15, 0.2) is 34.7 Å². The average Bonchev–Trinajstić information content (AvgIpc) is 2.82. The number of aryl methyl sites for hydroxylation is 1. The third kappa shape index (κ3) is 2.59. The second-order valence-electron chi connectivity index (χ2n) is 4.06. The van der Waals surface area contributed by atoms with Crippen LogP contribution in [0.2, 0.25) is 0 Å². The Morgan fingerprint density at radius 2 is 2.06 bits per heavy atom. The molecule has 4 nitrogen and oxygen atoms in total. The van der Waals surface area contributed by atoms with E-state index in [1.165, 1.54) is 0 Å². The Kier molecular flexibility index (Phi) is 3.77. The van der Waals surface area contributed by atoms with Gasteiger partial charge in [0.1, 0.15) is 0 Å². The van der Waals surface area contributed by atoms with E-state index < -0.39 is 5.97 Å². The number of carbonyl (C=O) groups is 1. The molecule has 0 fully saturated rings. The van der Waals surface area contributed by atoms with Crippen LogP contribution >= 0.6 is 0 Å². The van der Waals surface area contributed by atoms with Gasteiger partial charge >= 0.3 is 5.97 Å². The molecule has 0 aliphatic heterocycles. The minimum Gasteiger partial charge on any atom is -0.476 e. The Bertz CT molecular complexity index is 531. The van der Waals surface area contributed by atoms with Gasteiger partial charge in [-0.15, -0.1) is 0 Å². The molecule has 0 spiro atoms. The minimum absolute atomic E-state index is 0.00713. The minimum atomic E-state index is -1.06. The van der Waals surface area contributed by atoms with Gasteiger partial charge in [0.05, 0.1) is 0 Å². The molecule has 0 aliphatic rings. The number of benzene rings is 1. The maximum Gasteiger partial charge on any atom is 0.358 e. The highest BCUT2D eigenvalue weighted by molar-refractivity contribution is 5.92. The number of nitrogens with zero attached hydrogens (tertiary/aromatic N) is 1. The molecule has 0 atom stereocenters. The van der Waals surface area contributed by atoms with Gasteiger partial charge in [-0.25, -0.2) is 9.78 Å². The fraction of sp³-hybridized carbons (Fsp3) is 0.286. The van der Waals surface area contributed by atoms with E-state index in [1.54, 1.807) is 0 Å². The van der Waals surface area contributed by atoms with Crippen molar-refractivity contribution in [1.29, 1.82) is 0 Å². The molecule has 18 heavy (non-hydrogen) atoms. The summed E-state index contributed by atoms with van der Waals surface area (Å²) in [6.07, 6.45) is 2.63. The number of oxazole rings is 1. The molecule has 0 saturated heterocycles. The van der Waals surface area contributed by atoms with Crippen molar-refractivity contribution in [2.45, 2.75) is 26.2 Å². The molecule has 2 rings (SSSR count). The predicted octanol–water partition coefficient (Wildman–Crippen LogP) is 3.38. The highest BCUT2D eigenvalue weighted by atomic mass is 16.4. The maximum absolute atomic E-state index is 11.2. The Morgan fingerprint density at radius 1 is 1.33 bits per heavy atom. The van der Waals surface area contributed by atoms with Crippen molar-refractivity contribution in [3.8, 4) is 11.3 Å². The van der Waals surface area contributed by atoms with Crippen LogP contribution in [0.4, 0.5) is 0 Å². The molecule has 0 unspecified atom stereocenters. The smallest absolute Gasteiger partial charge is 0.358 e. The number of aromatic carboxylic acids is 1. The van der Waals surface area contributed by atoms with E-state index in [0.29, 0.717) is 18.1 Å². The number of aromatic nitrogens is 1. The summed E-state index contributed by atoms with van der Waals surface area (Å²) < 4.78 is 5.57. The van der Waals surface area contributed by atoms with E-state index in [4.69, 9.17) is 9.52 Å². The van der Waals surface area contributed by atoms with Gasteiger partial charge in [-0.2, -0.15) is 0 Å². The van der Waals surface area contributed by atoms with Gasteiger partial charge in [-0.05, 0) is 6.42 Å². The molecule has 0 radical (unpaired) electrons. The van der Waals surface area contributed by atoms with Crippen molar-refractivity contribution in [3.05, 3.63) is 41.9 Å². The van der Waals surface area contributed by atoms with E-state index in [1.807, 2.05) is 30.3 Å². The number of carboxylic acids is 1. The van der Waals surface area contributed by atoms with Gasteiger partial charge in [-0.1, -0.05) is 43.7 Å². The lowest BCUT2D eigenvalue weighted by Crippen LogP contribution is -1.99. The third-order valence-electron chi connectivity index (χ3n) is 2.65. The first-order valence-corrected chi connectivity index (χ1v) is 6.00. The lowest BCUT2D eigenvalue weighted by molar-refractivity contribution is 0.0691. The molecule has 2 aromatic rings. The summed E-state index contributed by atoms with van der Waals surface area (Å²) in [6, 6.07) is 9.19. The first kappa shape index (κ1) is 12.4. The normalized spacial score (nSPS) is 10.5. The van der Waals surface area contributed by atoms with Crippen LogP contribution in [-0.2, 0) is 6.42 Å². The summed E-state index contributed by atoms with van der Waals surface area (Å²) in [6.45, 7) is 2.07. The van der Waals surface area contributed by atoms with E-state index in [2.05, 4.69) is 11.9 Å². The van der Waals surface area contributed by atoms with Crippen molar-refractivity contribution in [2.24, 2.45) is 0 Å². The van der Waals surface area contributed by atoms with Crippen molar-refractivity contribution >= 4 is 5.97 Å². The number of rotatable bonds is 5. The summed E-state index contributed by atoms with van der Waals surface area (Å²) in [5, 5.41) is 9.14. The molecule has 4 heteroatoms. The SMILES string of the molecule is CCCCc1nc(C(=O)O)c(-c2ccccc2)o1. The van der Waals surface area contributed by atoms with Crippen LogP contribution in [0.1, 0.15) is 36.1 Å². The van der Waals surface area contributed by atoms with E-state index in [0.717, 1.165) is 18.4 Å². The number of hydrogen-bond donors (Lipinski definition) is 1. The standard InChI is InChI=1S/C14H15NO3/c1-2-3-9-11-15-12(14(16)17)13(18-11)10-7-5-4-6-8-10/h4-8H,2-3,9H2,1H3,(H,16,17). The zero-order chi connectivity index (χ0) is 13.0. The van der Waals surface area contributed by atoms with Gasteiger partial charge in [0.25, 0.3) is 0 Å². The molecule has 0 amide bonds. The summed E-state index contributed by atoms with van der Waals surface area (Å²) >= 11 is 0. The quantitative estimate of drug-likeness (QED) is 0.877. The van der Waals surface area contributed by atoms with Crippen LogP contribution < -0.4 is 0 Å². The van der Waals surface area contributed by atoms with Gasteiger partial charge in [0.15, 0.2) is 17.3 Å². The monoisotopic (exact) mass is 245 g/mol. The molecule has 0 saturated carbocycles. The van der Waals surface area contributed by atoms with Gasteiger partial charge < -0.3 is 9.52 Å². The number of hydrogen-bond acceptors (Lipinski definition) is 3. The molecule has 94 valence electrons. The molecule has 1 heterocycles. The highest BCUT2D eigenvalue weighted by Gasteiger charge is 2.20. The molecule has 0 aliphatic carbocycles. The molecule has 1 N–H and O–H groups in total. The van der Waals surface area contributed by atoms with Crippen molar-refractivity contribution in [2.75, 3.05) is 0 Å². The molecular weight excluding hydrogens is 230 g/mol. The molecule has 1 aromatic carbocycles. The van der Waals surface area contributed by atoms with Crippen molar-refractivity contribution < 1.29 is 14.3 Å². The zero-order valence-electron chi connectivity index (χ0n) is 10.2. The fourth-order valence-corrected chi connectivity index (χ4v) is 1.73. The van der Waals surface area contributed by atoms with Gasteiger partial charge in [0.2, 0.25) is 0 Å². The first-order valence-electron chi connectivity index (χ1n) is 6.00. The maximum atomic E-state index is 11.2. The van der Waals surface area contributed by atoms with E-state index >= 15 is 0 Å².